The number of benzene rings is 1. The summed E-state index contributed by atoms with van der Waals surface area (Å²) in [6.45, 7) is -0.0931. The molecule has 1 aromatic heterocycles. The summed E-state index contributed by atoms with van der Waals surface area (Å²) in [5.41, 5.74) is 6.91. The fourth-order valence-electron chi connectivity index (χ4n) is 2.00. The van der Waals surface area contributed by atoms with E-state index in [1.54, 1.807) is 18.2 Å². The average molecular weight is 373 g/mol. The molecule has 0 radical (unpaired) electrons. The minimum atomic E-state index is -0.568. The Balaban J connectivity index is 2.01. The second-order valence-corrected chi connectivity index (χ2v) is 5.81. The summed E-state index contributed by atoms with van der Waals surface area (Å²) in [6.07, 6.45) is 0.542. The third kappa shape index (κ3) is 4.75. The van der Waals surface area contributed by atoms with Crippen molar-refractivity contribution in [3.8, 4) is 11.3 Å². The number of nitrogens with two attached hydrogens (primary N) is 1. The van der Waals surface area contributed by atoms with Gasteiger partial charge < -0.3 is 20.7 Å². The summed E-state index contributed by atoms with van der Waals surface area (Å²) >= 11 is 12.1. The monoisotopic (exact) mass is 372 g/mol. The molecule has 1 aromatic carbocycles. The molecule has 2 aromatic rings. The molecule has 0 saturated heterocycles. The number of ether oxygens (including phenoxy) is 1. The second kappa shape index (κ2) is 9.10. The molecule has 7 nitrogen and oxygen atoms in total. The fourth-order valence-corrected chi connectivity index (χ4v) is 2.39. The summed E-state index contributed by atoms with van der Waals surface area (Å²) in [7, 11) is 0. The van der Waals surface area contributed by atoms with E-state index in [4.69, 9.17) is 43.9 Å². The van der Waals surface area contributed by atoms with Gasteiger partial charge >= 0.3 is 0 Å². The van der Waals surface area contributed by atoms with Crippen LogP contribution in [0, 0.1) is 0 Å². The lowest BCUT2D eigenvalue weighted by Gasteiger charge is -2.12. The first-order chi connectivity index (χ1) is 11.6. The zero-order chi connectivity index (χ0) is 17.5. The fraction of sp³-hybridized carbons (Fsp3) is 0.400. The second-order valence-electron chi connectivity index (χ2n) is 5.02. The number of halogens is 2. The number of hydrogen-bond donors (Lipinski definition) is 3. The Hall–Kier alpha value is -1.51. The molecule has 2 rings (SSSR count). The van der Waals surface area contributed by atoms with Crippen molar-refractivity contribution >= 4 is 29.0 Å². The van der Waals surface area contributed by atoms with Crippen LogP contribution in [0.4, 0.5) is 5.82 Å². The van der Waals surface area contributed by atoms with Crippen molar-refractivity contribution in [3.05, 3.63) is 34.1 Å². The molecule has 0 saturated carbocycles. The minimum Gasteiger partial charge on any atom is -0.394 e. The molecule has 0 amide bonds. The summed E-state index contributed by atoms with van der Waals surface area (Å²) in [5.74, 6) is 0.691. The third-order valence-corrected chi connectivity index (χ3v) is 4.09. The molecule has 0 aliphatic carbocycles. The van der Waals surface area contributed by atoms with Gasteiger partial charge in [0.05, 0.1) is 23.3 Å². The van der Waals surface area contributed by atoms with Crippen LogP contribution in [-0.2, 0) is 11.2 Å². The molecule has 24 heavy (non-hydrogen) atoms. The number of anilines is 1. The van der Waals surface area contributed by atoms with Crippen LogP contribution < -0.4 is 5.73 Å². The van der Waals surface area contributed by atoms with E-state index in [1.165, 1.54) is 0 Å². The van der Waals surface area contributed by atoms with Crippen molar-refractivity contribution in [2.45, 2.75) is 18.9 Å². The van der Waals surface area contributed by atoms with Crippen LogP contribution in [0.15, 0.2) is 18.2 Å². The number of rotatable bonds is 8. The van der Waals surface area contributed by atoms with Crippen molar-refractivity contribution in [2.24, 2.45) is 0 Å². The third-order valence-electron chi connectivity index (χ3n) is 3.27. The van der Waals surface area contributed by atoms with Crippen LogP contribution in [0.3, 0.4) is 0 Å². The van der Waals surface area contributed by atoms with E-state index < -0.39 is 6.10 Å². The number of nitrogen functional groups attached to an aromatic ring is 1. The molecule has 4 N–H and O–H groups in total. The highest BCUT2D eigenvalue weighted by atomic mass is 35.5. The first kappa shape index (κ1) is 18.8. The van der Waals surface area contributed by atoms with Gasteiger partial charge in [-0.1, -0.05) is 35.3 Å². The first-order valence-electron chi connectivity index (χ1n) is 7.33. The molecule has 0 bridgehead atoms. The quantitative estimate of drug-likeness (QED) is 0.604. The van der Waals surface area contributed by atoms with E-state index in [0.717, 1.165) is 0 Å². The Labute approximate surface area is 149 Å². The van der Waals surface area contributed by atoms with Crippen molar-refractivity contribution in [1.29, 1.82) is 0 Å². The maximum atomic E-state index is 8.90. The van der Waals surface area contributed by atoms with Crippen molar-refractivity contribution in [1.82, 2.24) is 15.2 Å². The number of aliphatic hydroxyl groups excluding tert-OH is 2. The molecule has 0 fully saturated rings. The Morgan fingerprint density at radius 1 is 1.17 bits per heavy atom. The lowest BCUT2D eigenvalue weighted by atomic mass is 10.1. The predicted molar refractivity (Wildman–Crippen MR) is 91.9 cm³/mol. The molecular formula is C15H18Cl2N4O3. The normalized spacial score (nSPS) is 11.2. The van der Waals surface area contributed by atoms with Crippen molar-refractivity contribution in [3.63, 3.8) is 0 Å². The van der Waals surface area contributed by atoms with Gasteiger partial charge in [-0.3, -0.25) is 0 Å². The number of nitrogens with zero attached hydrogens (tertiary/aromatic N) is 3. The van der Waals surface area contributed by atoms with E-state index in [1.807, 2.05) is 0 Å². The van der Waals surface area contributed by atoms with Crippen LogP contribution in [0.2, 0.25) is 10.0 Å². The van der Waals surface area contributed by atoms with Gasteiger partial charge in [-0.2, -0.15) is 0 Å². The largest absolute Gasteiger partial charge is 0.394 e. The first-order valence-corrected chi connectivity index (χ1v) is 8.09. The van der Waals surface area contributed by atoms with Gasteiger partial charge in [-0.15, -0.1) is 10.2 Å². The SMILES string of the molecule is Nc1nc(CCCOC(CO)CO)nnc1-c1cccc(Cl)c1Cl. The Morgan fingerprint density at radius 2 is 1.92 bits per heavy atom. The highest BCUT2D eigenvalue weighted by Gasteiger charge is 2.14. The molecule has 130 valence electrons. The van der Waals surface area contributed by atoms with Gasteiger partial charge in [0.25, 0.3) is 0 Å². The highest BCUT2D eigenvalue weighted by molar-refractivity contribution is 6.43. The minimum absolute atomic E-state index is 0.216. The zero-order valence-corrected chi connectivity index (χ0v) is 14.3. The van der Waals surface area contributed by atoms with Gasteiger partial charge in [0.15, 0.2) is 11.6 Å². The van der Waals surface area contributed by atoms with Gasteiger partial charge in [0.1, 0.15) is 11.8 Å². The molecule has 9 heteroatoms. The summed E-state index contributed by atoms with van der Waals surface area (Å²) in [5, 5.41) is 26.7. The molecule has 1 heterocycles. The maximum Gasteiger partial charge on any atom is 0.154 e. The summed E-state index contributed by atoms with van der Waals surface area (Å²) < 4.78 is 5.28. The van der Waals surface area contributed by atoms with E-state index >= 15 is 0 Å². The zero-order valence-electron chi connectivity index (χ0n) is 12.8. The van der Waals surface area contributed by atoms with Crippen LogP contribution >= 0.6 is 23.2 Å². The van der Waals surface area contributed by atoms with Crippen LogP contribution in [0.1, 0.15) is 12.2 Å². The van der Waals surface area contributed by atoms with Crippen molar-refractivity contribution < 1.29 is 14.9 Å². The van der Waals surface area contributed by atoms with Gasteiger partial charge in [-0.05, 0) is 12.5 Å². The smallest absolute Gasteiger partial charge is 0.154 e. The molecule has 0 aliphatic heterocycles. The molecule has 0 aliphatic rings. The maximum absolute atomic E-state index is 8.90. The van der Waals surface area contributed by atoms with E-state index in [2.05, 4.69) is 15.2 Å². The molecule has 0 atom stereocenters. The van der Waals surface area contributed by atoms with E-state index in [-0.39, 0.29) is 19.0 Å². The Bertz CT molecular complexity index is 684. The van der Waals surface area contributed by atoms with E-state index in [9.17, 15) is 0 Å². The molecule has 0 unspecified atom stereocenters. The van der Waals surface area contributed by atoms with Gasteiger partial charge in [0, 0.05) is 18.6 Å². The van der Waals surface area contributed by atoms with E-state index in [0.29, 0.717) is 46.6 Å². The number of hydrogen-bond acceptors (Lipinski definition) is 7. The van der Waals surface area contributed by atoms with Crippen LogP contribution in [0.5, 0.6) is 0 Å². The summed E-state index contributed by atoms with van der Waals surface area (Å²) in [6, 6.07) is 5.16. The topological polar surface area (TPSA) is 114 Å². The number of aryl methyl sites for hydroxylation is 1. The summed E-state index contributed by atoms with van der Waals surface area (Å²) in [4.78, 5) is 4.23. The molecular weight excluding hydrogens is 355 g/mol. The van der Waals surface area contributed by atoms with Crippen LogP contribution in [0.25, 0.3) is 11.3 Å². The lowest BCUT2D eigenvalue weighted by molar-refractivity contribution is -0.0203. The van der Waals surface area contributed by atoms with Gasteiger partial charge in [0.2, 0.25) is 0 Å². The molecule has 0 spiro atoms. The Morgan fingerprint density at radius 3 is 2.58 bits per heavy atom. The highest BCUT2D eigenvalue weighted by Crippen LogP contribution is 2.34. The van der Waals surface area contributed by atoms with Crippen LogP contribution in [-0.4, -0.2) is 51.3 Å². The predicted octanol–water partition coefficient (Wildman–Crippen LogP) is 1.73. The van der Waals surface area contributed by atoms with Crippen molar-refractivity contribution in [2.75, 3.05) is 25.6 Å². The van der Waals surface area contributed by atoms with Gasteiger partial charge in [-0.25, -0.2) is 4.98 Å². The number of aromatic nitrogens is 3. The standard InChI is InChI=1S/C15H18Cl2N4O3/c16-11-4-1-3-10(13(11)17)14-15(18)19-12(20-21-14)5-2-6-24-9(7-22)8-23/h1,3-4,9,22-23H,2,5-8H2,(H2,18,19,20). The average Bonchev–Trinajstić information content (AvgIpc) is 2.58. The number of aliphatic hydroxyl groups is 2. The lowest BCUT2D eigenvalue weighted by Crippen LogP contribution is -2.22. The Kier molecular flexibility index (Phi) is 7.14.